The maximum absolute atomic E-state index is 12.8. The summed E-state index contributed by atoms with van der Waals surface area (Å²) in [5, 5.41) is 0. The first kappa shape index (κ1) is 29.8. The van der Waals surface area contributed by atoms with Crippen LogP contribution in [0.2, 0.25) is 0 Å². The molecule has 0 saturated carbocycles. The fraction of sp³-hybridized carbons (Fsp3) is 0.524. The molecule has 1 aromatic rings. The molecule has 1 aliphatic rings. The number of hydrogen-bond acceptors (Lipinski definition) is 12. The van der Waals surface area contributed by atoms with Crippen LogP contribution in [0.3, 0.4) is 0 Å². The number of carbonyl (C=O) groups is 4. The Morgan fingerprint density at radius 1 is 0.865 bits per heavy atom. The van der Waals surface area contributed by atoms with E-state index in [1.807, 2.05) is 0 Å². The van der Waals surface area contributed by atoms with Gasteiger partial charge in [-0.1, -0.05) is 12.1 Å². The Balaban J connectivity index is 2.59. The Morgan fingerprint density at radius 3 is 1.92 bits per heavy atom. The number of carbonyl (C=O) groups excluding carboxylic acids is 4. The summed E-state index contributed by atoms with van der Waals surface area (Å²) in [4.78, 5) is 46.9. The fourth-order valence-corrected chi connectivity index (χ4v) is 3.87. The monoisotopic (exact) mass is 556 g/mol. The minimum Gasteiger partial charge on any atom is -0.463 e. The summed E-state index contributed by atoms with van der Waals surface area (Å²) in [6.07, 6.45) is -7.30. The van der Waals surface area contributed by atoms with E-state index in [-0.39, 0.29) is 5.56 Å². The first-order valence-electron chi connectivity index (χ1n) is 10.4. The summed E-state index contributed by atoms with van der Waals surface area (Å²) < 4.78 is 91.9. The van der Waals surface area contributed by atoms with E-state index in [0.717, 1.165) is 45.9 Å². The lowest BCUT2D eigenvalue weighted by Crippen LogP contribution is -2.59. The Kier molecular flexibility index (Phi) is 9.49. The van der Waals surface area contributed by atoms with Gasteiger partial charge in [0, 0.05) is 27.7 Å². The van der Waals surface area contributed by atoms with Gasteiger partial charge in [-0.25, -0.2) is 0 Å². The standard InChI is InChI=1S/C21H23F3O12S/c1-10(25)31-9-16-18(32-11(2)26)20(34-13(4)28)19(33-12(3)27)17(35-16)14-6-5-7-15(8-14)36-37(29,30)21(22,23)24/h5-8,16-20H,9H2,1-4H3. The highest BCUT2D eigenvalue weighted by Crippen LogP contribution is 2.39. The summed E-state index contributed by atoms with van der Waals surface area (Å²) >= 11 is 0. The first-order chi connectivity index (χ1) is 17.0. The van der Waals surface area contributed by atoms with Crippen molar-refractivity contribution in [3.8, 4) is 5.75 Å². The highest BCUT2D eigenvalue weighted by Gasteiger charge is 2.53. The Bertz CT molecular complexity index is 1130. The molecule has 1 aromatic carbocycles. The van der Waals surface area contributed by atoms with Gasteiger partial charge in [-0.2, -0.15) is 21.6 Å². The van der Waals surface area contributed by atoms with Crippen molar-refractivity contribution >= 4 is 34.0 Å². The third-order valence-corrected chi connectivity index (χ3v) is 5.65. The van der Waals surface area contributed by atoms with Gasteiger partial charge in [0.05, 0.1) is 0 Å². The average Bonchev–Trinajstić information content (AvgIpc) is 2.73. The van der Waals surface area contributed by atoms with Crippen molar-refractivity contribution in [3.05, 3.63) is 29.8 Å². The lowest BCUT2D eigenvalue weighted by molar-refractivity contribution is -0.254. The average molecular weight is 556 g/mol. The van der Waals surface area contributed by atoms with Gasteiger partial charge in [0.25, 0.3) is 0 Å². The maximum Gasteiger partial charge on any atom is 0.534 e. The van der Waals surface area contributed by atoms with Crippen molar-refractivity contribution in [2.75, 3.05) is 6.61 Å². The van der Waals surface area contributed by atoms with Gasteiger partial charge in [-0.15, -0.1) is 0 Å². The van der Waals surface area contributed by atoms with Crippen molar-refractivity contribution in [1.82, 2.24) is 0 Å². The third kappa shape index (κ3) is 8.04. The van der Waals surface area contributed by atoms with Gasteiger partial charge in [0.15, 0.2) is 18.3 Å². The molecule has 37 heavy (non-hydrogen) atoms. The fourth-order valence-electron chi connectivity index (χ4n) is 3.41. The summed E-state index contributed by atoms with van der Waals surface area (Å²) in [5.74, 6) is -4.16. The van der Waals surface area contributed by atoms with Crippen molar-refractivity contribution in [1.29, 1.82) is 0 Å². The molecule has 1 aliphatic heterocycles. The number of esters is 4. The predicted octanol–water partition coefficient (Wildman–Crippen LogP) is 1.71. The Morgan fingerprint density at radius 2 is 1.41 bits per heavy atom. The first-order valence-corrected chi connectivity index (χ1v) is 11.8. The third-order valence-electron chi connectivity index (χ3n) is 4.67. The van der Waals surface area contributed by atoms with Crippen LogP contribution in [0.15, 0.2) is 24.3 Å². The van der Waals surface area contributed by atoms with Crippen molar-refractivity contribution < 1.29 is 68.6 Å². The molecule has 5 unspecified atom stereocenters. The molecule has 0 spiro atoms. The summed E-state index contributed by atoms with van der Waals surface area (Å²) in [6.45, 7) is 3.59. The summed E-state index contributed by atoms with van der Waals surface area (Å²) in [7, 11) is -6.02. The van der Waals surface area contributed by atoms with Crippen molar-refractivity contribution in [3.63, 3.8) is 0 Å². The molecule has 1 heterocycles. The zero-order valence-corrected chi connectivity index (χ0v) is 20.7. The number of benzene rings is 1. The number of halogens is 3. The van der Waals surface area contributed by atoms with E-state index in [0.29, 0.717) is 0 Å². The molecule has 0 bridgehead atoms. The molecule has 16 heteroatoms. The van der Waals surface area contributed by atoms with E-state index in [2.05, 4.69) is 4.18 Å². The van der Waals surface area contributed by atoms with Crippen LogP contribution in [-0.2, 0) is 53.0 Å². The molecule has 5 atom stereocenters. The van der Waals surface area contributed by atoms with Crippen LogP contribution >= 0.6 is 0 Å². The van der Waals surface area contributed by atoms with E-state index in [1.54, 1.807) is 0 Å². The Hall–Kier alpha value is -3.40. The van der Waals surface area contributed by atoms with Crippen molar-refractivity contribution in [2.24, 2.45) is 0 Å². The van der Waals surface area contributed by atoms with Gasteiger partial charge >= 0.3 is 39.5 Å². The molecular formula is C21H23F3O12S. The lowest BCUT2D eigenvalue weighted by Gasteiger charge is -2.44. The van der Waals surface area contributed by atoms with Gasteiger partial charge in [-0.05, 0) is 17.7 Å². The van der Waals surface area contributed by atoms with Crippen LogP contribution in [0.4, 0.5) is 13.2 Å². The molecule has 206 valence electrons. The number of hydrogen-bond donors (Lipinski definition) is 0. The second kappa shape index (κ2) is 11.8. The largest absolute Gasteiger partial charge is 0.534 e. The molecule has 0 radical (unpaired) electrons. The predicted molar refractivity (Wildman–Crippen MR) is 113 cm³/mol. The quantitative estimate of drug-likeness (QED) is 0.198. The lowest BCUT2D eigenvalue weighted by atomic mass is 9.90. The van der Waals surface area contributed by atoms with Crippen LogP contribution in [0.5, 0.6) is 5.75 Å². The van der Waals surface area contributed by atoms with Crippen LogP contribution < -0.4 is 4.18 Å². The van der Waals surface area contributed by atoms with Crippen LogP contribution in [0.1, 0.15) is 39.4 Å². The normalized spacial score (nSPS) is 23.9. The van der Waals surface area contributed by atoms with Crippen molar-refractivity contribution in [2.45, 2.75) is 63.7 Å². The van der Waals surface area contributed by atoms with E-state index in [4.69, 9.17) is 23.7 Å². The zero-order valence-electron chi connectivity index (χ0n) is 19.8. The molecule has 12 nitrogen and oxygen atoms in total. The molecule has 0 N–H and O–H groups in total. The number of rotatable bonds is 8. The number of alkyl halides is 3. The molecular weight excluding hydrogens is 533 g/mol. The van der Waals surface area contributed by atoms with Gasteiger partial charge in [0.1, 0.15) is 24.6 Å². The molecule has 1 saturated heterocycles. The Labute approximate surface area is 209 Å². The minimum atomic E-state index is -6.02. The second-order valence-corrected chi connectivity index (χ2v) is 9.21. The van der Waals surface area contributed by atoms with Gasteiger partial charge < -0.3 is 27.9 Å². The maximum atomic E-state index is 12.8. The van der Waals surface area contributed by atoms with E-state index < -0.39 is 82.4 Å². The zero-order chi connectivity index (χ0) is 28.1. The molecule has 0 amide bonds. The molecule has 0 aliphatic carbocycles. The molecule has 0 aromatic heterocycles. The van der Waals surface area contributed by atoms with Crippen LogP contribution in [0, 0.1) is 0 Å². The van der Waals surface area contributed by atoms with E-state index in [1.165, 1.54) is 6.07 Å². The minimum absolute atomic E-state index is 0.0765. The second-order valence-electron chi connectivity index (χ2n) is 7.68. The van der Waals surface area contributed by atoms with Gasteiger partial charge in [0.2, 0.25) is 0 Å². The highest BCUT2D eigenvalue weighted by molar-refractivity contribution is 7.88. The van der Waals surface area contributed by atoms with Crippen LogP contribution in [0.25, 0.3) is 0 Å². The number of ether oxygens (including phenoxy) is 5. The molecule has 1 fully saturated rings. The summed E-state index contributed by atoms with van der Waals surface area (Å²) in [6, 6.07) is 4.18. The molecule has 2 rings (SSSR count). The van der Waals surface area contributed by atoms with E-state index in [9.17, 15) is 40.8 Å². The van der Waals surface area contributed by atoms with Gasteiger partial charge in [-0.3, -0.25) is 19.2 Å². The SMILES string of the molecule is CC(=O)OCC1OC(c2cccc(OS(=O)(=O)C(F)(F)F)c2)C(OC(C)=O)C(OC(C)=O)C1OC(C)=O. The van der Waals surface area contributed by atoms with Crippen LogP contribution in [-0.4, -0.2) is 68.8 Å². The summed E-state index contributed by atoms with van der Waals surface area (Å²) in [5.41, 5.74) is -5.79. The van der Waals surface area contributed by atoms with E-state index >= 15 is 0 Å². The highest BCUT2D eigenvalue weighted by atomic mass is 32.2. The topological polar surface area (TPSA) is 158 Å². The smallest absolute Gasteiger partial charge is 0.463 e.